The molecule has 2 aromatic rings. The van der Waals surface area contributed by atoms with E-state index in [9.17, 15) is 19.8 Å². The molecule has 2 aromatic carbocycles. The summed E-state index contributed by atoms with van der Waals surface area (Å²) in [5, 5.41) is 29.1. The van der Waals surface area contributed by atoms with Crippen molar-refractivity contribution in [2.45, 2.75) is 20.8 Å². The number of carbonyl (C=O) groups is 2. The van der Waals surface area contributed by atoms with Gasteiger partial charge in [-0.15, -0.1) is 0 Å². The number of benzene rings is 2. The van der Waals surface area contributed by atoms with Crippen molar-refractivity contribution in [3.63, 3.8) is 0 Å². The molecule has 0 heterocycles. The van der Waals surface area contributed by atoms with E-state index in [4.69, 9.17) is 14.6 Å². The molecule has 0 aliphatic rings. The third kappa shape index (κ3) is 3.35. The van der Waals surface area contributed by atoms with Gasteiger partial charge in [-0.2, -0.15) is 0 Å². The van der Waals surface area contributed by atoms with E-state index in [0.29, 0.717) is 16.9 Å². The molecule has 0 aliphatic heterocycles. The molecule has 2 rings (SSSR count). The number of carbonyl (C=O) groups excluding carboxylic acids is 1. The molecule has 25 heavy (non-hydrogen) atoms. The maximum atomic E-state index is 12.4. The minimum atomic E-state index is -1.29. The monoisotopic (exact) mass is 346 g/mol. The van der Waals surface area contributed by atoms with Gasteiger partial charge in [0.05, 0.1) is 7.11 Å². The van der Waals surface area contributed by atoms with Crippen molar-refractivity contribution in [1.29, 1.82) is 0 Å². The molecule has 0 unspecified atom stereocenters. The molecular weight excluding hydrogens is 328 g/mol. The Morgan fingerprint density at radius 1 is 0.960 bits per heavy atom. The highest BCUT2D eigenvalue weighted by molar-refractivity contribution is 5.97. The molecule has 0 fully saturated rings. The fourth-order valence-electron chi connectivity index (χ4n) is 2.57. The van der Waals surface area contributed by atoms with Gasteiger partial charge >= 0.3 is 11.9 Å². The number of rotatable bonds is 4. The summed E-state index contributed by atoms with van der Waals surface area (Å²) in [5.74, 6) is -2.48. The topological polar surface area (TPSA) is 113 Å². The van der Waals surface area contributed by atoms with Gasteiger partial charge in [0.2, 0.25) is 0 Å². The van der Waals surface area contributed by atoms with Crippen molar-refractivity contribution in [3.05, 3.63) is 46.0 Å². The number of phenolic OH excluding ortho intramolecular Hbond substituents is 1. The second-order valence-corrected chi connectivity index (χ2v) is 5.57. The second kappa shape index (κ2) is 6.72. The molecule has 0 saturated carbocycles. The average molecular weight is 346 g/mol. The minimum absolute atomic E-state index is 0.0299. The molecule has 7 nitrogen and oxygen atoms in total. The van der Waals surface area contributed by atoms with Crippen molar-refractivity contribution < 1.29 is 34.4 Å². The quantitative estimate of drug-likeness (QED) is 0.576. The minimum Gasteiger partial charge on any atom is -0.507 e. The number of phenols is 2. The summed E-state index contributed by atoms with van der Waals surface area (Å²) in [7, 11) is 1.45. The van der Waals surface area contributed by atoms with Crippen molar-refractivity contribution in [2.24, 2.45) is 0 Å². The number of methoxy groups -OCH3 is 1. The number of aromatic hydroxyl groups is 2. The highest BCUT2D eigenvalue weighted by Gasteiger charge is 2.22. The Kier molecular flexibility index (Phi) is 4.87. The van der Waals surface area contributed by atoms with Crippen LogP contribution in [0, 0.1) is 20.8 Å². The van der Waals surface area contributed by atoms with Gasteiger partial charge in [0.1, 0.15) is 34.1 Å². The first kappa shape index (κ1) is 18.1. The molecule has 0 atom stereocenters. The van der Waals surface area contributed by atoms with Gasteiger partial charge < -0.3 is 24.8 Å². The lowest BCUT2D eigenvalue weighted by Crippen LogP contribution is -2.12. The van der Waals surface area contributed by atoms with Crippen LogP contribution in [-0.4, -0.2) is 34.4 Å². The van der Waals surface area contributed by atoms with Crippen LogP contribution in [-0.2, 0) is 0 Å². The van der Waals surface area contributed by atoms with Crippen LogP contribution in [0.2, 0.25) is 0 Å². The maximum absolute atomic E-state index is 12.4. The summed E-state index contributed by atoms with van der Waals surface area (Å²) in [6, 6.07) is 3.96. The normalized spacial score (nSPS) is 10.4. The zero-order chi connectivity index (χ0) is 18.9. The van der Waals surface area contributed by atoms with E-state index in [1.54, 1.807) is 19.9 Å². The zero-order valence-electron chi connectivity index (χ0n) is 14.2. The van der Waals surface area contributed by atoms with Gasteiger partial charge in [-0.05, 0) is 44.0 Å². The Balaban J connectivity index is 2.42. The number of ether oxygens (including phenoxy) is 2. The molecule has 0 radical (unpaired) electrons. The Labute approximate surface area is 144 Å². The number of carboxylic acid groups (broad SMARTS) is 1. The molecule has 0 spiro atoms. The summed E-state index contributed by atoms with van der Waals surface area (Å²) in [6.45, 7) is 4.69. The van der Waals surface area contributed by atoms with Crippen LogP contribution < -0.4 is 9.47 Å². The van der Waals surface area contributed by atoms with E-state index < -0.39 is 17.7 Å². The van der Waals surface area contributed by atoms with E-state index in [-0.39, 0.29) is 28.2 Å². The standard InChI is InChI=1S/C18H18O7/c1-8-5-11(7-12(19)14(8)17(21)22)25-18(23)15-9(2)6-13(24-4)10(3)16(15)20/h5-7,19-20H,1-4H3,(H,21,22). The van der Waals surface area contributed by atoms with Gasteiger partial charge in [-0.1, -0.05) is 0 Å². The first-order chi connectivity index (χ1) is 11.7. The van der Waals surface area contributed by atoms with E-state index in [1.165, 1.54) is 20.1 Å². The van der Waals surface area contributed by atoms with E-state index in [2.05, 4.69) is 0 Å². The van der Waals surface area contributed by atoms with Crippen LogP contribution in [0.15, 0.2) is 18.2 Å². The number of hydrogen-bond acceptors (Lipinski definition) is 6. The molecule has 0 saturated heterocycles. The Morgan fingerprint density at radius 3 is 2.08 bits per heavy atom. The van der Waals surface area contributed by atoms with Gasteiger partial charge in [0, 0.05) is 11.6 Å². The summed E-state index contributed by atoms with van der Waals surface area (Å²) >= 11 is 0. The number of aromatic carboxylic acids is 1. The van der Waals surface area contributed by atoms with Crippen LogP contribution in [0.5, 0.6) is 23.0 Å². The van der Waals surface area contributed by atoms with Crippen LogP contribution in [0.3, 0.4) is 0 Å². The summed E-state index contributed by atoms with van der Waals surface area (Å²) in [4.78, 5) is 23.5. The largest absolute Gasteiger partial charge is 0.507 e. The zero-order valence-corrected chi connectivity index (χ0v) is 14.2. The van der Waals surface area contributed by atoms with E-state index >= 15 is 0 Å². The van der Waals surface area contributed by atoms with Gasteiger partial charge in [-0.25, -0.2) is 9.59 Å². The first-order valence-corrected chi connectivity index (χ1v) is 7.33. The third-order valence-electron chi connectivity index (χ3n) is 3.84. The summed E-state index contributed by atoms with van der Waals surface area (Å²) in [5.41, 5.74) is 0.785. The van der Waals surface area contributed by atoms with E-state index in [1.807, 2.05) is 0 Å². The second-order valence-electron chi connectivity index (χ2n) is 5.57. The lowest BCUT2D eigenvalue weighted by Gasteiger charge is -2.14. The maximum Gasteiger partial charge on any atom is 0.347 e. The number of carboxylic acids is 1. The molecule has 7 heteroatoms. The van der Waals surface area contributed by atoms with Crippen molar-refractivity contribution in [2.75, 3.05) is 7.11 Å². The van der Waals surface area contributed by atoms with Crippen molar-refractivity contribution in [3.8, 4) is 23.0 Å². The summed E-state index contributed by atoms with van der Waals surface area (Å²) < 4.78 is 10.3. The molecule has 0 amide bonds. The highest BCUT2D eigenvalue weighted by Crippen LogP contribution is 2.34. The SMILES string of the molecule is COc1cc(C)c(C(=O)Oc2cc(C)c(C(=O)O)c(O)c2)c(O)c1C. The van der Waals surface area contributed by atoms with Crippen LogP contribution in [0.4, 0.5) is 0 Å². The Bertz CT molecular complexity index is 845. The molecule has 3 N–H and O–H groups in total. The van der Waals surface area contributed by atoms with E-state index in [0.717, 1.165) is 6.07 Å². The number of esters is 1. The average Bonchev–Trinajstić information content (AvgIpc) is 2.49. The van der Waals surface area contributed by atoms with Crippen LogP contribution >= 0.6 is 0 Å². The van der Waals surface area contributed by atoms with Gasteiger partial charge in [0.15, 0.2) is 0 Å². The Hall–Kier alpha value is -3.22. The third-order valence-corrected chi connectivity index (χ3v) is 3.84. The fraction of sp³-hybridized carbons (Fsp3) is 0.222. The number of hydrogen-bond donors (Lipinski definition) is 3. The number of aryl methyl sites for hydroxylation is 2. The molecule has 0 bridgehead atoms. The van der Waals surface area contributed by atoms with Crippen molar-refractivity contribution >= 4 is 11.9 Å². The molecule has 0 aromatic heterocycles. The van der Waals surface area contributed by atoms with Crippen LogP contribution in [0.1, 0.15) is 37.4 Å². The predicted molar refractivity (Wildman–Crippen MR) is 88.9 cm³/mol. The smallest absolute Gasteiger partial charge is 0.347 e. The molecule has 132 valence electrons. The first-order valence-electron chi connectivity index (χ1n) is 7.33. The predicted octanol–water partition coefficient (Wildman–Crippen LogP) is 2.95. The Morgan fingerprint density at radius 2 is 1.56 bits per heavy atom. The lowest BCUT2D eigenvalue weighted by atomic mass is 10.0. The fourth-order valence-corrected chi connectivity index (χ4v) is 2.57. The van der Waals surface area contributed by atoms with Gasteiger partial charge in [-0.3, -0.25) is 0 Å². The summed E-state index contributed by atoms with van der Waals surface area (Å²) in [6.07, 6.45) is 0. The van der Waals surface area contributed by atoms with Crippen molar-refractivity contribution in [1.82, 2.24) is 0 Å². The lowest BCUT2D eigenvalue weighted by molar-refractivity contribution is 0.0692. The highest BCUT2D eigenvalue weighted by atomic mass is 16.5. The van der Waals surface area contributed by atoms with Gasteiger partial charge in [0.25, 0.3) is 0 Å². The molecule has 0 aliphatic carbocycles. The van der Waals surface area contributed by atoms with Crippen LogP contribution in [0.25, 0.3) is 0 Å². The molecular formula is C18H18O7.